The van der Waals surface area contributed by atoms with Crippen LogP contribution in [0.5, 0.6) is 0 Å². The molecule has 1 atom stereocenters. The second-order valence-corrected chi connectivity index (χ2v) is 5.72. The second kappa shape index (κ2) is 6.92. The van der Waals surface area contributed by atoms with Crippen LogP contribution in [0.2, 0.25) is 0 Å². The van der Waals surface area contributed by atoms with Crippen LogP contribution < -0.4 is 5.32 Å². The number of rotatable bonds is 4. The first-order valence-corrected chi connectivity index (χ1v) is 6.70. The van der Waals surface area contributed by atoms with E-state index in [0.717, 1.165) is 25.8 Å². The Morgan fingerprint density at radius 2 is 2.17 bits per heavy atom. The Bertz CT molecular complexity index is 266. The van der Waals surface area contributed by atoms with Gasteiger partial charge in [-0.25, -0.2) is 9.18 Å². The van der Waals surface area contributed by atoms with Gasteiger partial charge in [0.1, 0.15) is 12.3 Å². The maximum absolute atomic E-state index is 12.1. The average molecular weight is 260 g/mol. The number of amides is 1. The number of hydrogen-bond acceptors (Lipinski definition) is 3. The summed E-state index contributed by atoms with van der Waals surface area (Å²) in [5.41, 5.74) is -0.467. The van der Waals surface area contributed by atoms with E-state index in [9.17, 15) is 9.18 Å². The van der Waals surface area contributed by atoms with Crippen LogP contribution in [0.1, 0.15) is 40.0 Å². The number of likely N-dealkylation sites (tertiary alicyclic amines) is 1. The molecule has 0 bridgehead atoms. The van der Waals surface area contributed by atoms with Crippen LogP contribution in [0.25, 0.3) is 0 Å². The lowest BCUT2D eigenvalue weighted by Crippen LogP contribution is -2.50. The Kier molecular flexibility index (Phi) is 5.85. The molecule has 1 amide bonds. The highest BCUT2D eigenvalue weighted by atomic mass is 19.1. The van der Waals surface area contributed by atoms with Gasteiger partial charge in [0.15, 0.2) is 0 Å². The third-order valence-electron chi connectivity index (χ3n) is 2.91. The molecule has 1 aliphatic heterocycles. The van der Waals surface area contributed by atoms with Crippen molar-refractivity contribution >= 4 is 6.09 Å². The minimum absolute atomic E-state index is 0.125. The third-order valence-corrected chi connectivity index (χ3v) is 2.91. The Morgan fingerprint density at radius 1 is 1.44 bits per heavy atom. The Balaban J connectivity index is 2.50. The molecule has 4 nitrogen and oxygen atoms in total. The maximum atomic E-state index is 12.1. The molecule has 0 aliphatic carbocycles. The summed E-state index contributed by atoms with van der Waals surface area (Å²) in [5.74, 6) is 0. The summed E-state index contributed by atoms with van der Waals surface area (Å²) in [6, 6.07) is 0.125. The molecular formula is C13H25FN2O2. The molecule has 0 aromatic rings. The zero-order chi connectivity index (χ0) is 13.6. The summed E-state index contributed by atoms with van der Waals surface area (Å²) < 4.78 is 17.5. The van der Waals surface area contributed by atoms with Gasteiger partial charge in [0, 0.05) is 25.7 Å². The fourth-order valence-electron chi connectivity index (χ4n) is 2.11. The molecule has 1 N–H and O–H groups in total. The standard InChI is InChI=1S/C13H25FN2O2/c1-13(2,3)18-12(17)16-9-5-4-6-11(16)10-15-8-7-14/h11,15H,4-10H2,1-3H3. The molecule has 1 aliphatic rings. The second-order valence-electron chi connectivity index (χ2n) is 5.72. The zero-order valence-corrected chi connectivity index (χ0v) is 11.7. The van der Waals surface area contributed by atoms with Gasteiger partial charge in [-0.2, -0.15) is 0 Å². The maximum Gasteiger partial charge on any atom is 0.410 e. The number of nitrogens with one attached hydrogen (secondary N) is 1. The Hall–Kier alpha value is -0.840. The van der Waals surface area contributed by atoms with E-state index >= 15 is 0 Å². The lowest BCUT2D eigenvalue weighted by atomic mass is 10.0. The van der Waals surface area contributed by atoms with Gasteiger partial charge in [0.05, 0.1) is 0 Å². The highest BCUT2D eigenvalue weighted by Crippen LogP contribution is 2.19. The third kappa shape index (κ3) is 5.21. The first-order valence-electron chi connectivity index (χ1n) is 6.70. The molecule has 1 unspecified atom stereocenters. The van der Waals surface area contributed by atoms with E-state index in [-0.39, 0.29) is 18.8 Å². The molecule has 1 saturated heterocycles. The van der Waals surface area contributed by atoms with Gasteiger partial charge in [-0.1, -0.05) is 0 Å². The van der Waals surface area contributed by atoms with E-state index in [2.05, 4.69) is 5.32 Å². The van der Waals surface area contributed by atoms with Gasteiger partial charge >= 0.3 is 6.09 Å². The first kappa shape index (κ1) is 15.2. The molecule has 5 heteroatoms. The molecule has 1 heterocycles. The van der Waals surface area contributed by atoms with Crippen molar-refractivity contribution in [2.45, 2.75) is 51.7 Å². The Morgan fingerprint density at radius 3 is 2.78 bits per heavy atom. The molecule has 0 spiro atoms. The van der Waals surface area contributed by atoms with Gasteiger partial charge in [0.2, 0.25) is 0 Å². The zero-order valence-electron chi connectivity index (χ0n) is 11.7. The number of carbonyl (C=O) groups is 1. The largest absolute Gasteiger partial charge is 0.444 e. The molecule has 0 saturated carbocycles. The van der Waals surface area contributed by atoms with Crippen LogP contribution >= 0.6 is 0 Å². The van der Waals surface area contributed by atoms with Crippen LogP contribution in [0.15, 0.2) is 0 Å². The van der Waals surface area contributed by atoms with Crippen LogP contribution in [-0.4, -0.2) is 48.9 Å². The van der Waals surface area contributed by atoms with Crippen LogP contribution in [-0.2, 0) is 4.74 Å². The summed E-state index contributed by atoms with van der Waals surface area (Å²) in [6.45, 7) is 6.94. The van der Waals surface area contributed by atoms with Crippen LogP contribution in [0, 0.1) is 0 Å². The minimum atomic E-state index is -0.467. The number of piperidine rings is 1. The topological polar surface area (TPSA) is 41.6 Å². The number of alkyl halides is 1. The number of hydrogen-bond donors (Lipinski definition) is 1. The van der Waals surface area contributed by atoms with Gasteiger partial charge in [-0.05, 0) is 40.0 Å². The molecule has 0 aromatic heterocycles. The van der Waals surface area contributed by atoms with E-state index in [1.54, 1.807) is 4.90 Å². The SMILES string of the molecule is CC(C)(C)OC(=O)N1CCCCC1CNCCF. The first-order chi connectivity index (χ1) is 8.44. The minimum Gasteiger partial charge on any atom is -0.444 e. The highest BCUT2D eigenvalue weighted by molar-refractivity contribution is 5.68. The van der Waals surface area contributed by atoms with Crippen molar-refractivity contribution < 1.29 is 13.9 Å². The van der Waals surface area contributed by atoms with E-state index < -0.39 is 5.60 Å². The van der Waals surface area contributed by atoms with Crippen molar-refractivity contribution in [3.63, 3.8) is 0 Å². The summed E-state index contributed by atoms with van der Waals surface area (Å²) in [7, 11) is 0. The van der Waals surface area contributed by atoms with E-state index in [4.69, 9.17) is 4.74 Å². The van der Waals surface area contributed by atoms with Gasteiger partial charge in [0.25, 0.3) is 0 Å². The van der Waals surface area contributed by atoms with Crippen molar-refractivity contribution in [3.8, 4) is 0 Å². The lowest BCUT2D eigenvalue weighted by molar-refractivity contribution is 0.00997. The molecular weight excluding hydrogens is 235 g/mol. The van der Waals surface area contributed by atoms with Crippen molar-refractivity contribution in [1.29, 1.82) is 0 Å². The average Bonchev–Trinajstić information content (AvgIpc) is 2.27. The van der Waals surface area contributed by atoms with Gasteiger partial charge < -0.3 is 15.0 Å². The normalized spacial score (nSPS) is 20.9. The quantitative estimate of drug-likeness (QED) is 0.789. The van der Waals surface area contributed by atoms with Crippen molar-refractivity contribution in [3.05, 3.63) is 0 Å². The monoisotopic (exact) mass is 260 g/mol. The summed E-state index contributed by atoms with van der Waals surface area (Å²) in [5, 5.41) is 3.03. The Labute approximate surface area is 109 Å². The predicted octanol–water partition coefficient (Wildman–Crippen LogP) is 2.34. The number of nitrogens with zero attached hydrogens (tertiary/aromatic N) is 1. The van der Waals surface area contributed by atoms with Crippen molar-refractivity contribution in [1.82, 2.24) is 10.2 Å². The smallest absolute Gasteiger partial charge is 0.410 e. The fraction of sp³-hybridized carbons (Fsp3) is 0.923. The molecule has 0 aromatic carbocycles. The summed E-state index contributed by atoms with van der Waals surface area (Å²) in [6.07, 6.45) is 2.83. The summed E-state index contributed by atoms with van der Waals surface area (Å²) >= 11 is 0. The van der Waals surface area contributed by atoms with E-state index in [0.29, 0.717) is 13.1 Å². The number of halogens is 1. The number of ether oxygens (including phenoxy) is 1. The molecule has 0 radical (unpaired) electrons. The van der Waals surface area contributed by atoms with Gasteiger partial charge in [-0.3, -0.25) is 0 Å². The molecule has 18 heavy (non-hydrogen) atoms. The van der Waals surface area contributed by atoms with Gasteiger partial charge in [-0.15, -0.1) is 0 Å². The summed E-state index contributed by atoms with van der Waals surface area (Å²) in [4.78, 5) is 13.8. The van der Waals surface area contributed by atoms with Crippen LogP contribution in [0.4, 0.5) is 9.18 Å². The highest BCUT2D eigenvalue weighted by Gasteiger charge is 2.29. The fourth-order valence-corrected chi connectivity index (χ4v) is 2.11. The van der Waals surface area contributed by atoms with Crippen LogP contribution in [0.3, 0.4) is 0 Å². The predicted molar refractivity (Wildman–Crippen MR) is 69.4 cm³/mol. The molecule has 106 valence electrons. The molecule has 1 rings (SSSR count). The molecule has 1 fully saturated rings. The van der Waals surface area contributed by atoms with Crippen molar-refractivity contribution in [2.24, 2.45) is 0 Å². The lowest BCUT2D eigenvalue weighted by Gasteiger charge is -2.36. The van der Waals surface area contributed by atoms with E-state index in [1.807, 2.05) is 20.8 Å². The van der Waals surface area contributed by atoms with E-state index in [1.165, 1.54) is 0 Å². The van der Waals surface area contributed by atoms with Crippen molar-refractivity contribution in [2.75, 3.05) is 26.3 Å². The number of carbonyl (C=O) groups excluding carboxylic acids is 1.